The normalized spacial score (nSPS) is 9.33. The third-order valence-electron chi connectivity index (χ3n) is 0.904. The van der Waals surface area contributed by atoms with Crippen LogP contribution in [0.2, 0.25) is 0 Å². The van der Waals surface area contributed by atoms with Gasteiger partial charge in [-0.15, -0.1) is 0 Å². The summed E-state index contributed by atoms with van der Waals surface area (Å²) in [6.45, 7) is 3.71. The fraction of sp³-hybridized carbons (Fsp3) is 0.167. The van der Waals surface area contributed by atoms with Crippen molar-refractivity contribution in [1.29, 1.82) is 0 Å². The smallest absolute Gasteiger partial charge is 0.107 e. The van der Waals surface area contributed by atoms with Gasteiger partial charge in [0.05, 0.1) is 6.54 Å². The Kier molecular flexibility index (Phi) is 1.53. The third-order valence-corrected chi connectivity index (χ3v) is 0.904. The van der Waals surface area contributed by atoms with Crippen LogP contribution in [-0.4, -0.2) is 14.9 Å². The SMILES string of the molecule is C=C(O)Cn1cccn1. The number of hydrogen-bond donors (Lipinski definition) is 1. The fourth-order valence-corrected chi connectivity index (χ4v) is 0.581. The van der Waals surface area contributed by atoms with E-state index in [1.807, 2.05) is 0 Å². The summed E-state index contributed by atoms with van der Waals surface area (Å²) in [6, 6.07) is 1.79. The second-order valence-corrected chi connectivity index (χ2v) is 1.77. The maximum Gasteiger partial charge on any atom is 0.107 e. The van der Waals surface area contributed by atoms with Crippen molar-refractivity contribution in [3.63, 3.8) is 0 Å². The highest BCUT2D eigenvalue weighted by Crippen LogP contribution is 1.89. The molecule has 0 radical (unpaired) electrons. The van der Waals surface area contributed by atoms with Crippen LogP contribution in [0.25, 0.3) is 0 Å². The standard InChI is InChI=1S/C6H8N2O/c1-6(9)5-8-4-2-3-7-8/h2-4,9H,1,5H2. The van der Waals surface area contributed by atoms with E-state index in [2.05, 4.69) is 11.7 Å². The summed E-state index contributed by atoms with van der Waals surface area (Å²) in [7, 11) is 0. The molecule has 0 aliphatic rings. The van der Waals surface area contributed by atoms with Crippen LogP contribution >= 0.6 is 0 Å². The highest BCUT2D eigenvalue weighted by Gasteiger charge is 1.89. The lowest BCUT2D eigenvalue weighted by Gasteiger charge is -1.95. The Bertz CT molecular complexity index is 191. The molecule has 3 nitrogen and oxygen atoms in total. The second kappa shape index (κ2) is 2.35. The molecule has 0 amide bonds. The van der Waals surface area contributed by atoms with Crippen LogP contribution < -0.4 is 0 Å². The molecular formula is C6H8N2O. The molecule has 1 heterocycles. The van der Waals surface area contributed by atoms with Crippen LogP contribution in [0.4, 0.5) is 0 Å². The van der Waals surface area contributed by atoms with Crippen molar-refractivity contribution in [2.24, 2.45) is 0 Å². The van der Waals surface area contributed by atoms with Gasteiger partial charge in [0.25, 0.3) is 0 Å². The molecule has 0 spiro atoms. The Labute approximate surface area is 53.2 Å². The molecule has 1 rings (SSSR count). The monoisotopic (exact) mass is 124 g/mol. The van der Waals surface area contributed by atoms with E-state index in [0.717, 1.165) is 0 Å². The molecule has 0 atom stereocenters. The zero-order chi connectivity index (χ0) is 6.69. The van der Waals surface area contributed by atoms with Crippen LogP contribution in [0.15, 0.2) is 30.8 Å². The van der Waals surface area contributed by atoms with Crippen LogP contribution in [0.1, 0.15) is 0 Å². The number of aliphatic hydroxyl groups is 1. The van der Waals surface area contributed by atoms with Gasteiger partial charge in [0.1, 0.15) is 5.76 Å². The van der Waals surface area contributed by atoms with Gasteiger partial charge in [0, 0.05) is 12.4 Å². The van der Waals surface area contributed by atoms with E-state index in [1.165, 1.54) is 0 Å². The number of aromatic nitrogens is 2. The van der Waals surface area contributed by atoms with Crippen LogP contribution in [0, 0.1) is 0 Å². The molecule has 1 aromatic rings. The lowest BCUT2D eigenvalue weighted by Crippen LogP contribution is -1.99. The average molecular weight is 124 g/mol. The predicted octanol–water partition coefficient (Wildman–Crippen LogP) is 0.955. The molecule has 0 fully saturated rings. The summed E-state index contributed by atoms with van der Waals surface area (Å²) in [6.07, 6.45) is 3.42. The Morgan fingerprint density at radius 3 is 3.00 bits per heavy atom. The molecule has 0 aliphatic heterocycles. The molecule has 0 saturated heterocycles. The molecule has 0 aromatic carbocycles. The van der Waals surface area contributed by atoms with Crippen molar-refractivity contribution in [1.82, 2.24) is 9.78 Å². The summed E-state index contributed by atoms with van der Waals surface area (Å²) in [4.78, 5) is 0. The number of aliphatic hydroxyl groups excluding tert-OH is 1. The van der Waals surface area contributed by atoms with Gasteiger partial charge in [-0.05, 0) is 6.07 Å². The van der Waals surface area contributed by atoms with Crippen molar-refractivity contribution in [3.05, 3.63) is 30.8 Å². The van der Waals surface area contributed by atoms with Gasteiger partial charge in [-0.2, -0.15) is 5.10 Å². The van der Waals surface area contributed by atoms with Gasteiger partial charge in [-0.25, -0.2) is 0 Å². The van der Waals surface area contributed by atoms with E-state index < -0.39 is 0 Å². The van der Waals surface area contributed by atoms with Crippen molar-refractivity contribution in [2.75, 3.05) is 0 Å². The molecule has 0 unspecified atom stereocenters. The van der Waals surface area contributed by atoms with Crippen molar-refractivity contribution >= 4 is 0 Å². The molecule has 48 valence electrons. The first kappa shape index (κ1) is 5.88. The predicted molar refractivity (Wildman–Crippen MR) is 34.0 cm³/mol. The van der Waals surface area contributed by atoms with Gasteiger partial charge in [0.2, 0.25) is 0 Å². The lowest BCUT2D eigenvalue weighted by atomic mass is 10.6. The summed E-state index contributed by atoms with van der Waals surface area (Å²) in [5.41, 5.74) is 0. The first-order chi connectivity index (χ1) is 4.29. The minimum atomic E-state index is 0.124. The van der Waals surface area contributed by atoms with Gasteiger partial charge < -0.3 is 5.11 Å². The van der Waals surface area contributed by atoms with Crippen molar-refractivity contribution < 1.29 is 5.11 Å². The van der Waals surface area contributed by atoms with Gasteiger partial charge in [0.15, 0.2) is 0 Å². The first-order valence-electron chi connectivity index (χ1n) is 2.63. The summed E-state index contributed by atoms with van der Waals surface area (Å²) >= 11 is 0. The van der Waals surface area contributed by atoms with Crippen LogP contribution in [0.3, 0.4) is 0 Å². The zero-order valence-corrected chi connectivity index (χ0v) is 4.99. The summed E-state index contributed by atoms with van der Waals surface area (Å²) in [5, 5.41) is 12.5. The van der Waals surface area contributed by atoms with Gasteiger partial charge in [-0.3, -0.25) is 4.68 Å². The van der Waals surface area contributed by atoms with Crippen molar-refractivity contribution in [2.45, 2.75) is 6.54 Å². The molecule has 1 aromatic heterocycles. The second-order valence-electron chi connectivity index (χ2n) is 1.77. The quantitative estimate of drug-likeness (QED) is 0.596. The molecular weight excluding hydrogens is 116 g/mol. The topological polar surface area (TPSA) is 38.0 Å². The molecule has 1 N–H and O–H groups in total. The largest absolute Gasteiger partial charge is 0.511 e. The number of allylic oxidation sites excluding steroid dienone is 1. The van der Waals surface area contributed by atoms with E-state index >= 15 is 0 Å². The molecule has 0 saturated carbocycles. The van der Waals surface area contributed by atoms with E-state index in [1.54, 1.807) is 23.1 Å². The highest BCUT2D eigenvalue weighted by atomic mass is 16.3. The third kappa shape index (κ3) is 1.60. The number of rotatable bonds is 2. The van der Waals surface area contributed by atoms with E-state index in [-0.39, 0.29) is 5.76 Å². The molecule has 3 heteroatoms. The molecule has 0 bridgehead atoms. The molecule has 0 aliphatic carbocycles. The van der Waals surface area contributed by atoms with E-state index in [4.69, 9.17) is 5.11 Å². The summed E-state index contributed by atoms with van der Waals surface area (Å²) < 4.78 is 1.60. The lowest BCUT2D eigenvalue weighted by molar-refractivity contribution is 0.370. The average Bonchev–Trinajstić information content (AvgIpc) is 2.15. The van der Waals surface area contributed by atoms with E-state index in [0.29, 0.717) is 6.54 Å². The Morgan fingerprint density at radius 2 is 2.56 bits per heavy atom. The van der Waals surface area contributed by atoms with Gasteiger partial charge >= 0.3 is 0 Å². The Morgan fingerprint density at radius 1 is 1.78 bits per heavy atom. The highest BCUT2D eigenvalue weighted by molar-refractivity contribution is 4.84. The number of nitrogens with zero attached hydrogens (tertiary/aromatic N) is 2. The first-order valence-corrected chi connectivity index (χ1v) is 2.63. The van der Waals surface area contributed by atoms with Gasteiger partial charge in [-0.1, -0.05) is 6.58 Å². The maximum atomic E-state index is 8.67. The Balaban J connectivity index is 2.58. The number of hydrogen-bond acceptors (Lipinski definition) is 2. The molecule has 9 heavy (non-hydrogen) atoms. The van der Waals surface area contributed by atoms with Crippen LogP contribution in [-0.2, 0) is 6.54 Å². The summed E-state index contributed by atoms with van der Waals surface area (Å²) in [5.74, 6) is 0.124. The van der Waals surface area contributed by atoms with Crippen LogP contribution in [0.5, 0.6) is 0 Å². The van der Waals surface area contributed by atoms with Crippen molar-refractivity contribution in [3.8, 4) is 0 Å². The van der Waals surface area contributed by atoms with E-state index in [9.17, 15) is 0 Å². The maximum absolute atomic E-state index is 8.67. The minimum Gasteiger partial charge on any atom is -0.511 e. The fourth-order valence-electron chi connectivity index (χ4n) is 0.581. The zero-order valence-electron chi connectivity index (χ0n) is 4.99. The Hall–Kier alpha value is -1.25. The minimum absolute atomic E-state index is 0.124.